The minimum Gasteiger partial charge on any atom is -0.459 e. The molecule has 0 aliphatic carbocycles. The largest absolute Gasteiger partial charge is 0.459 e. The molecule has 0 fully saturated rings. The molecule has 3 amide bonds. The number of hydrogen-bond donors (Lipinski definition) is 3. The highest BCUT2D eigenvalue weighted by molar-refractivity contribution is 5.95. The molecule has 0 saturated heterocycles. The number of anilines is 1. The molecule has 7 heteroatoms. The van der Waals surface area contributed by atoms with Gasteiger partial charge in [0, 0.05) is 5.69 Å². The second-order valence-electron chi connectivity index (χ2n) is 3.52. The van der Waals surface area contributed by atoms with Gasteiger partial charge in [0.2, 0.25) is 0 Å². The van der Waals surface area contributed by atoms with Gasteiger partial charge in [0.25, 0.3) is 0 Å². The van der Waals surface area contributed by atoms with Gasteiger partial charge >= 0.3 is 11.9 Å². The molecular weight excluding hydrogens is 253 g/mol. The number of hydrazine groups is 1. The van der Waals surface area contributed by atoms with Crippen molar-refractivity contribution < 1.29 is 18.4 Å². The van der Waals surface area contributed by atoms with Crippen LogP contribution < -0.4 is 16.2 Å². The van der Waals surface area contributed by atoms with Gasteiger partial charge in [-0.15, -0.1) is 0 Å². The van der Waals surface area contributed by atoms with Crippen LogP contribution in [0.1, 0.15) is 10.6 Å². The first-order chi connectivity index (χ1) is 9.15. The van der Waals surface area contributed by atoms with Gasteiger partial charge in [0.05, 0.1) is 6.26 Å². The van der Waals surface area contributed by atoms with Gasteiger partial charge in [-0.05, 0) is 36.4 Å². The lowest BCUT2D eigenvalue weighted by molar-refractivity contribution is 0.0910. The summed E-state index contributed by atoms with van der Waals surface area (Å²) >= 11 is 0. The Balaban J connectivity index is 1.82. The van der Waals surface area contributed by atoms with E-state index in [9.17, 15) is 14.0 Å². The molecule has 2 aromatic rings. The number of urea groups is 1. The summed E-state index contributed by atoms with van der Waals surface area (Å²) in [6.45, 7) is 0. The van der Waals surface area contributed by atoms with E-state index in [4.69, 9.17) is 4.42 Å². The lowest BCUT2D eigenvalue weighted by Gasteiger charge is -2.07. The molecule has 0 spiro atoms. The Kier molecular flexibility index (Phi) is 3.77. The fourth-order valence-corrected chi connectivity index (χ4v) is 1.28. The molecule has 0 aliphatic rings. The molecule has 0 atom stereocenters. The molecule has 0 radical (unpaired) electrons. The van der Waals surface area contributed by atoms with Crippen LogP contribution in [0.15, 0.2) is 47.1 Å². The Morgan fingerprint density at radius 2 is 1.79 bits per heavy atom. The number of benzene rings is 1. The first kappa shape index (κ1) is 12.6. The second kappa shape index (κ2) is 5.67. The van der Waals surface area contributed by atoms with Crippen molar-refractivity contribution in [1.82, 2.24) is 10.9 Å². The standard InChI is InChI=1S/C12H10FN3O3/c13-8-3-5-9(6-4-8)14-12(18)16-15-11(17)10-2-1-7-19-10/h1-7H,(H,15,17)(H2,14,16,18). The molecule has 0 saturated carbocycles. The molecule has 0 unspecified atom stereocenters. The van der Waals surface area contributed by atoms with Crippen molar-refractivity contribution in [2.45, 2.75) is 0 Å². The summed E-state index contributed by atoms with van der Waals surface area (Å²) in [6, 6.07) is 7.54. The van der Waals surface area contributed by atoms with Crippen molar-refractivity contribution in [3.63, 3.8) is 0 Å². The van der Waals surface area contributed by atoms with E-state index in [1.807, 2.05) is 0 Å². The number of amides is 3. The highest BCUT2D eigenvalue weighted by Gasteiger charge is 2.09. The number of nitrogens with one attached hydrogen (secondary N) is 3. The third-order valence-corrected chi connectivity index (χ3v) is 2.14. The van der Waals surface area contributed by atoms with Crippen molar-refractivity contribution in [1.29, 1.82) is 0 Å². The number of furan rings is 1. The summed E-state index contributed by atoms with van der Waals surface area (Å²) in [5.41, 5.74) is 4.67. The van der Waals surface area contributed by atoms with Crippen LogP contribution in [0.25, 0.3) is 0 Å². The molecule has 6 nitrogen and oxygen atoms in total. The van der Waals surface area contributed by atoms with E-state index >= 15 is 0 Å². The van der Waals surface area contributed by atoms with Crippen LogP contribution in [0, 0.1) is 5.82 Å². The molecule has 0 bridgehead atoms. The fraction of sp³-hybridized carbons (Fsp3) is 0. The van der Waals surface area contributed by atoms with Gasteiger partial charge in [-0.3, -0.25) is 10.2 Å². The summed E-state index contributed by atoms with van der Waals surface area (Å²) in [5.74, 6) is -0.918. The molecule has 1 heterocycles. The van der Waals surface area contributed by atoms with E-state index in [0.717, 1.165) is 0 Å². The molecule has 3 N–H and O–H groups in total. The maximum absolute atomic E-state index is 12.6. The van der Waals surface area contributed by atoms with E-state index in [0.29, 0.717) is 5.69 Å². The second-order valence-corrected chi connectivity index (χ2v) is 3.52. The molecular formula is C12H10FN3O3. The monoisotopic (exact) mass is 263 g/mol. The first-order valence-corrected chi connectivity index (χ1v) is 5.31. The van der Waals surface area contributed by atoms with Crippen molar-refractivity contribution in [2.75, 3.05) is 5.32 Å². The summed E-state index contributed by atoms with van der Waals surface area (Å²) in [7, 11) is 0. The van der Waals surface area contributed by atoms with Crippen molar-refractivity contribution in [3.05, 3.63) is 54.2 Å². The fourth-order valence-electron chi connectivity index (χ4n) is 1.28. The van der Waals surface area contributed by atoms with Gasteiger partial charge < -0.3 is 9.73 Å². The minimum absolute atomic E-state index is 0.0714. The number of halogens is 1. The van der Waals surface area contributed by atoms with Crippen LogP contribution in [0.2, 0.25) is 0 Å². The molecule has 0 aliphatic heterocycles. The highest BCUT2D eigenvalue weighted by atomic mass is 19.1. The zero-order valence-corrected chi connectivity index (χ0v) is 9.64. The van der Waals surface area contributed by atoms with E-state index in [1.165, 1.54) is 36.6 Å². The normalized spacial score (nSPS) is 9.74. The molecule has 98 valence electrons. The van der Waals surface area contributed by atoms with Crippen molar-refractivity contribution >= 4 is 17.6 Å². The van der Waals surface area contributed by atoms with Gasteiger partial charge in [0.1, 0.15) is 5.82 Å². The van der Waals surface area contributed by atoms with Crippen LogP contribution >= 0.6 is 0 Å². The topological polar surface area (TPSA) is 83.4 Å². The molecule has 19 heavy (non-hydrogen) atoms. The van der Waals surface area contributed by atoms with E-state index < -0.39 is 17.8 Å². The maximum atomic E-state index is 12.6. The first-order valence-electron chi connectivity index (χ1n) is 5.31. The number of carbonyl (C=O) groups is 2. The zero-order chi connectivity index (χ0) is 13.7. The Bertz CT molecular complexity index is 566. The maximum Gasteiger partial charge on any atom is 0.337 e. The van der Waals surface area contributed by atoms with E-state index in [1.54, 1.807) is 6.07 Å². The Morgan fingerprint density at radius 3 is 2.42 bits per heavy atom. The Hall–Kier alpha value is -2.83. The van der Waals surface area contributed by atoms with Gasteiger partial charge in [0.15, 0.2) is 5.76 Å². The van der Waals surface area contributed by atoms with Crippen LogP contribution in [-0.4, -0.2) is 11.9 Å². The van der Waals surface area contributed by atoms with Crippen LogP contribution in [-0.2, 0) is 0 Å². The van der Waals surface area contributed by atoms with Gasteiger partial charge in [-0.25, -0.2) is 14.6 Å². The van der Waals surface area contributed by atoms with Crippen LogP contribution in [0.5, 0.6) is 0 Å². The highest BCUT2D eigenvalue weighted by Crippen LogP contribution is 2.07. The SMILES string of the molecule is O=C(NNC(=O)c1ccco1)Nc1ccc(F)cc1. The third kappa shape index (κ3) is 3.56. The summed E-state index contributed by atoms with van der Waals surface area (Å²) < 4.78 is 17.5. The minimum atomic E-state index is -0.661. The smallest absolute Gasteiger partial charge is 0.337 e. The van der Waals surface area contributed by atoms with Crippen molar-refractivity contribution in [3.8, 4) is 0 Å². The average molecular weight is 263 g/mol. The summed E-state index contributed by atoms with van der Waals surface area (Å²) in [6.07, 6.45) is 1.34. The Labute approximate surface area is 107 Å². The number of carbonyl (C=O) groups excluding carboxylic acids is 2. The number of hydrogen-bond acceptors (Lipinski definition) is 3. The quantitative estimate of drug-likeness (QED) is 0.723. The molecule has 1 aromatic carbocycles. The summed E-state index contributed by atoms with van der Waals surface area (Å²) in [5, 5.41) is 2.41. The van der Waals surface area contributed by atoms with E-state index in [-0.39, 0.29) is 5.76 Å². The van der Waals surface area contributed by atoms with Crippen LogP contribution in [0.4, 0.5) is 14.9 Å². The molecule has 1 aromatic heterocycles. The predicted molar refractivity (Wildman–Crippen MR) is 64.7 cm³/mol. The van der Waals surface area contributed by atoms with Crippen molar-refractivity contribution in [2.24, 2.45) is 0 Å². The lowest BCUT2D eigenvalue weighted by atomic mass is 10.3. The lowest BCUT2D eigenvalue weighted by Crippen LogP contribution is -2.43. The predicted octanol–water partition coefficient (Wildman–Crippen LogP) is 1.89. The van der Waals surface area contributed by atoms with Gasteiger partial charge in [-0.2, -0.15) is 0 Å². The zero-order valence-electron chi connectivity index (χ0n) is 9.64. The van der Waals surface area contributed by atoms with E-state index in [2.05, 4.69) is 16.2 Å². The summed E-state index contributed by atoms with van der Waals surface area (Å²) in [4.78, 5) is 22.8. The van der Waals surface area contributed by atoms with Crippen LogP contribution in [0.3, 0.4) is 0 Å². The van der Waals surface area contributed by atoms with Gasteiger partial charge in [-0.1, -0.05) is 0 Å². The third-order valence-electron chi connectivity index (χ3n) is 2.14. The average Bonchev–Trinajstić information content (AvgIpc) is 2.93. The molecule has 2 rings (SSSR count). The Morgan fingerprint density at radius 1 is 1.05 bits per heavy atom. The number of rotatable bonds is 2.